The number of thiophene rings is 1. The Morgan fingerprint density at radius 2 is 2.22 bits per heavy atom. The van der Waals surface area contributed by atoms with Crippen LogP contribution in [0.5, 0.6) is 0 Å². The summed E-state index contributed by atoms with van der Waals surface area (Å²) in [5.74, 6) is -1.51. The molecule has 27 heavy (non-hydrogen) atoms. The maximum absolute atomic E-state index is 12.8. The highest BCUT2D eigenvalue weighted by Crippen LogP contribution is 2.41. The quantitative estimate of drug-likeness (QED) is 0.567. The molecule has 1 aromatic rings. The number of carboxylic acids is 1. The first kappa shape index (κ1) is 17.8. The van der Waals surface area contributed by atoms with Gasteiger partial charge in [0, 0.05) is 17.9 Å². The van der Waals surface area contributed by atoms with Crippen molar-refractivity contribution in [3.8, 4) is 6.07 Å². The van der Waals surface area contributed by atoms with Crippen LogP contribution in [0, 0.1) is 11.3 Å². The fourth-order valence-corrected chi connectivity index (χ4v) is 5.53. The molecule has 2 saturated heterocycles. The highest BCUT2D eigenvalue weighted by molar-refractivity contribution is 8.00. The van der Waals surface area contributed by atoms with Gasteiger partial charge in [-0.15, -0.1) is 23.1 Å². The van der Waals surface area contributed by atoms with Gasteiger partial charge >= 0.3 is 5.97 Å². The standard InChI is InChI=1S/C17H14N4O4S2/c18-6-9-2-4-26-15(9)20-3-1-8(13(20)22)5-10-7-27-16-11(19)14(23)21(16)12(10)17(24)25/h2,4-5,11,16H,1,3,7,19H2,(H,24,25)/b8-5+/t11-,16-/m1/s1. The van der Waals surface area contributed by atoms with Gasteiger partial charge in [-0.25, -0.2) is 4.79 Å². The largest absolute Gasteiger partial charge is 0.477 e. The lowest BCUT2D eigenvalue weighted by atomic mass is 10.0. The molecule has 3 aliphatic heterocycles. The summed E-state index contributed by atoms with van der Waals surface area (Å²) in [6.07, 6.45) is 2.02. The summed E-state index contributed by atoms with van der Waals surface area (Å²) in [5.41, 5.74) is 6.98. The van der Waals surface area contributed by atoms with Crippen molar-refractivity contribution < 1.29 is 19.5 Å². The van der Waals surface area contributed by atoms with Crippen LogP contribution in [-0.2, 0) is 14.4 Å². The average Bonchev–Trinajstić information content (AvgIpc) is 3.27. The Labute approximate surface area is 162 Å². The molecule has 0 aliphatic carbocycles. The molecule has 1 aromatic heterocycles. The van der Waals surface area contributed by atoms with E-state index < -0.39 is 17.9 Å². The molecule has 138 valence electrons. The van der Waals surface area contributed by atoms with Crippen molar-refractivity contribution in [1.29, 1.82) is 5.26 Å². The van der Waals surface area contributed by atoms with Crippen molar-refractivity contribution in [2.24, 2.45) is 5.73 Å². The molecule has 3 aliphatic rings. The van der Waals surface area contributed by atoms with Crippen LogP contribution in [0.25, 0.3) is 0 Å². The summed E-state index contributed by atoms with van der Waals surface area (Å²) < 4.78 is 0. The molecule has 0 aromatic carbocycles. The Morgan fingerprint density at radius 3 is 2.93 bits per heavy atom. The number of carboxylic acid groups (broad SMARTS) is 1. The van der Waals surface area contributed by atoms with Gasteiger partial charge in [-0.3, -0.25) is 19.4 Å². The lowest BCUT2D eigenvalue weighted by Crippen LogP contribution is -2.68. The number of thioether (sulfide) groups is 1. The zero-order chi connectivity index (χ0) is 19.3. The number of fused-ring (bicyclic) bond motifs is 1. The Bertz CT molecular complexity index is 974. The second-order valence-corrected chi connectivity index (χ2v) is 8.24. The van der Waals surface area contributed by atoms with Crippen LogP contribution in [0.1, 0.15) is 12.0 Å². The predicted molar refractivity (Wildman–Crippen MR) is 99.8 cm³/mol. The van der Waals surface area contributed by atoms with E-state index in [4.69, 9.17) is 11.0 Å². The number of nitriles is 1. The van der Waals surface area contributed by atoms with Crippen LogP contribution >= 0.6 is 23.1 Å². The number of allylic oxidation sites excluding steroid dienone is 1. The van der Waals surface area contributed by atoms with E-state index in [0.717, 1.165) is 0 Å². The van der Waals surface area contributed by atoms with E-state index in [1.807, 2.05) is 0 Å². The minimum atomic E-state index is -1.21. The minimum Gasteiger partial charge on any atom is -0.477 e. The van der Waals surface area contributed by atoms with Crippen molar-refractivity contribution in [2.45, 2.75) is 17.8 Å². The summed E-state index contributed by atoms with van der Waals surface area (Å²) in [7, 11) is 0. The predicted octanol–water partition coefficient (Wildman–Crippen LogP) is 0.864. The summed E-state index contributed by atoms with van der Waals surface area (Å²) in [5, 5.41) is 20.7. The number of hydrogen-bond donors (Lipinski definition) is 2. The van der Waals surface area contributed by atoms with Crippen molar-refractivity contribution in [3.63, 3.8) is 0 Å². The molecular weight excluding hydrogens is 388 g/mol. The van der Waals surface area contributed by atoms with E-state index in [9.17, 15) is 19.5 Å². The summed E-state index contributed by atoms with van der Waals surface area (Å²) in [4.78, 5) is 39.3. The first-order valence-corrected chi connectivity index (χ1v) is 10.0. The summed E-state index contributed by atoms with van der Waals surface area (Å²) in [6.45, 7) is 0.429. The fraction of sp³-hybridized carbons (Fsp3) is 0.294. The smallest absolute Gasteiger partial charge is 0.352 e. The number of aliphatic carboxylic acids is 1. The Morgan fingerprint density at radius 1 is 1.44 bits per heavy atom. The number of anilines is 1. The van der Waals surface area contributed by atoms with Gasteiger partial charge in [0.05, 0.1) is 5.56 Å². The van der Waals surface area contributed by atoms with E-state index >= 15 is 0 Å². The maximum atomic E-state index is 12.8. The normalized spacial score (nSPS) is 26.3. The van der Waals surface area contributed by atoms with Crippen molar-refractivity contribution >= 4 is 45.9 Å². The van der Waals surface area contributed by atoms with Gasteiger partial charge in [0.15, 0.2) is 0 Å². The number of nitrogens with zero attached hydrogens (tertiary/aromatic N) is 3. The zero-order valence-corrected chi connectivity index (χ0v) is 15.5. The first-order chi connectivity index (χ1) is 12.9. The number of carbonyl (C=O) groups excluding carboxylic acids is 2. The van der Waals surface area contributed by atoms with Crippen molar-refractivity contribution in [1.82, 2.24) is 4.90 Å². The second kappa shape index (κ2) is 6.53. The third-order valence-electron chi connectivity index (χ3n) is 4.72. The maximum Gasteiger partial charge on any atom is 0.352 e. The number of β-lactam (4-membered cyclic amide) rings is 1. The Hall–Kier alpha value is -2.61. The minimum absolute atomic E-state index is 0.0990. The average molecular weight is 402 g/mol. The number of nitrogens with two attached hydrogens (primary N) is 1. The van der Waals surface area contributed by atoms with E-state index in [0.29, 0.717) is 40.4 Å². The van der Waals surface area contributed by atoms with Crippen LogP contribution in [0.2, 0.25) is 0 Å². The molecule has 0 radical (unpaired) electrons. The van der Waals surface area contributed by atoms with Gasteiger partial charge in [-0.05, 0) is 29.5 Å². The van der Waals surface area contributed by atoms with Gasteiger partial charge in [-0.1, -0.05) is 0 Å². The first-order valence-electron chi connectivity index (χ1n) is 8.10. The van der Waals surface area contributed by atoms with Gasteiger partial charge in [0.2, 0.25) is 5.91 Å². The monoisotopic (exact) mass is 402 g/mol. The second-order valence-electron chi connectivity index (χ2n) is 6.24. The molecule has 3 N–H and O–H groups in total. The molecule has 2 fully saturated rings. The van der Waals surface area contributed by atoms with Crippen LogP contribution < -0.4 is 10.6 Å². The van der Waals surface area contributed by atoms with Crippen LogP contribution in [0.15, 0.2) is 34.4 Å². The SMILES string of the molecule is N#Cc1ccsc1N1CC/C(=C\C2=C(C(=O)O)N3C(=O)[C@@H](N)[C@H]3SC2)C1=O. The van der Waals surface area contributed by atoms with Crippen molar-refractivity contribution in [3.05, 3.63) is 39.9 Å². The third-order valence-corrected chi connectivity index (χ3v) is 6.98. The van der Waals surface area contributed by atoms with Crippen molar-refractivity contribution in [2.75, 3.05) is 17.2 Å². The number of hydrogen-bond acceptors (Lipinski definition) is 7. The van der Waals surface area contributed by atoms with Gasteiger partial charge in [-0.2, -0.15) is 5.26 Å². The molecule has 0 bridgehead atoms. The molecule has 2 amide bonds. The van der Waals surface area contributed by atoms with E-state index in [1.165, 1.54) is 28.0 Å². The molecule has 0 unspecified atom stereocenters. The highest BCUT2D eigenvalue weighted by atomic mass is 32.2. The Balaban J connectivity index is 1.67. The van der Waals surface area contributed by atoms with Gasteiger partial charge in [0.25, 0.3) is 5.91 Å². The molecule has 0 spiro atoms. The summed E-state index contributed by atoms with van der Waals surface area (Å²) in [6, 6.07) is 3.04. The molecule has 4 rings (SSSR count). The van der Waals surface area contributed by atoms with Crippen LogP contribution in [0.4, 0.5) is 5.00 Å². The molecule has 8 nitrogen and oxygen atoms in total. The molecular formula is C17H14N4O4S2. The lowest BCUT2D eigenvalue weighted by Gasteiger charge is -2.47. The molecule has 10 heteroatoms. The Kier molecular flexibility index (Phi) is 4.30. The molecule has 0 saturated carbocycles. The lowest BCUT2D eigenvalue weighted by molar-refractivity contribution is -0.147. The molecule has 2 atom stereocenters. The van der Waals surface area contributed by atoms with Crippen LogP contribution in [0.3, 0.4) is 0 Å². The number of carbonyl (C=O) groups is 3. The highest BCUT2D eigenvalue weighted by Gasteiger charge is 2.51. The number of amides is 2. The fourth-order valence-electron chi connectivity index (χ4n) is 3.40. The van der Waals surface area contributed by atoms with Gasteiger partial charge in [0.1, 0.15) is 28.2 Å². The third kappa shape index (κ3) is 2.66. The zero-order valence-electron chi connectivity index (χ0n) is 13.9. The van der Waals surface area contributed by atoms with Gasteiger partial charge < -0.3 is 10.8 Å². The van der Waals surface area contributed by atoms with E-state index in [1.54, 1.807) is 22.4 Å². The topological polar surface area (TPSA) is 128 Å². The summed E-state index contributed by atoms with van der Waals surface area (Å²) >= 11 is 2.71. The number of rotatable bonds is 3. The molecule has 4 heterocycles. The van der Waals surface area contributed by atoms with Crippen LogP contribution in [-0.4, -0.2) is 51.5 Å². The van der Waals surface area contributed by atoms with E-state index in [2.05, 4.69) is 6.07 Å². The van der Waals surface area contributed by atoms with E-state index in [-0.39, 0.29) is 17.0 Å².